The average molecular weight is 407 g/mol. The van der Waals surface area contributed by atoms with E-state index >= 15 is 0 Å². The molecule has 0 radical (unpaired) electrons. The van der Waals surface area contributed by atoms with E-state index in [2.05, 4.69) is 29.5 Å². The maximum absolute atomic E-state index is 12.1. The van der Waals surface area contributed by atoms with Gasteiger partial charge >= 0.3 is 0 Å². The average Bonchev–Trinajstić information content (AvgIpc) is 2.44. The highest BCUT2D eigenvalue weighted by molar-refractivity contribution is 14.1. The smallest absolute Gasteiger partial charge is 0.163 e. The van der Waals surface area contributed by atoms with Gasteiger partial charge in [0.15, 0.2) is 5.78 Å². The third-order valence-corrected chi connectivity index (χ3v) is 4.66. The molecule has 112 valence electrons. The van der Waals surface area contributed by atoms with Gasteiger partial charge in [0.05, 0.1) is 0 Å². The van der Waals surface area contributed by atoms with E-state index < -0.39 is 0 Å². The summed E-state index contributed by atoms with van der Waals surface area (Å²) in [6, 6.07) is 5.52. The summed E-state index contributed by atoms with van der Waals surface area (Å²) in [4.78, 5) is 12.1. The first-order chi connectivity index (χ1) is 9.65. The number of rotatable bonds is 10. The van der Waals surface area contributed by atoms with E-state index in [1.54, 1.807) is 6.07 Å². The fraction of sp³-hybridized carbons (Fsp3) is 0.588. The summed E-state index contributed by atoms with van der Waals surface area (Å²) in [6.45, 7) is 2.24. The monoisotopic (exact) mass is 406 g/mol. The van der Waals surface area contributed by atoms with Gasteiger partial charge in [-0.25, -0.2) is 0 Å². The molecule has 1 aromatic carbocycles. The first-order valence-corrected chi connectivity index (χ1v) is 9.09. The van der Waals surface area contributed by atoms with Crippen molar-refractivity contribution in [2.45, 2.75) is 64.7 Å². The number of ketones is 1. The van der Waals surface area contributed by atoms with E-state index in [1.165, 1.54) is 38.5 Å². The van der Waals surface area contributed by atoms with Crippen molar-refractivity contribution in [2.24, 2.45) is 0 Å². The van der Waals surface area contributed by atoms with E-state index in [9.17, 15) is 4.79 Å². The summed E-state index contributed by atoms with van der Waals surface area (Å²) in [5.74, 6) is 0.225. The standard InChI is InChI=1S/C17H24ClIO/c1-2-3-4-5-6-7-8-9-10-17(20)15-13-14(18)11-12-16(15)19/h11-13H,2-10H2,1H3. The Morgan fingerprint density at radius 1 is 1.05 bits per heavy atom. The number of carbonyl (C=O) groups is 1. The molecule has 0 atom stereocenters. The third kappa shape index (κ3) is 7.07. The lowest BCUT2D eigenvalue weighted by atomic mass is 10.0. The van der Waals surface area contributed by atoms with Gasteiger partial charge in [-0.1, -0.05) is 63.5 Å². The molecule has 0 aliphatic heterocycles. The third-order valence-electron chi connectivity index (χ3n) is 3.49. The lowest BCUT2D eigenvalue weighted by Crippen LogP contribution is -2.01. The second-order valence-corrected chi connectivity index (χ2v) is 6.87. The van der Waals surface area contributed by atoms with E-state index in [0.29, 0.717) is 11.4 Å². The van der Waals surface area contributed by atoms with Crippen molar-refractivity contribution in [1.29, 1.82) is 0 Å². The minimum Gasteiger partial charge on any atom is -0.294 e. The molecule has 0 unspecified atom stereocenters. The summed E-state index contributed by atoms with van der Waals surface area (Å²) < 4.78 is 0.997. The van der Waals surface area contributed by atoms with E-state index in [0.717, 1.165) is 22.0 Å². The SMILES string of the molecule is CCCCCCCCCCC(=O)c1cc(Cl)ccc1I. The number of halogens is 2. The van der Waals surface area contributed by atoms with Gasteiger partial charge < -0.3 is 0 Å². The van der Waals surface area contributed by atoms with Crippen LogP contribution in [0, 0.1) is 3.57 Å². The molecule has 0 aromatic heterocycles. The predicted molar refractivity (Wildman–Crippen MR) is 95.7 cm³/mol. The first-order valence-electron chi connectivity index (χ1n) is 7.63. The molecule has 0 fully saturated rings. The second-order valence-electron chi connectivity index (χ2n) is 5.27. The maximum Gasteiger partial charge on any atom is 0.163 e. The molecule has 0 saturated carbocycles. The molecule has 0 aliphatic rings. The number of unbranched alkanes of at least 4 members (excludes halogenated alkanes) is 7. The van der Waals surface area contributed by atoms with Gasteiger partial charge in [0.1, 0.15) is 0 Å². The van der Waals surface area contributed by atoms with Crippen LogP contribution < -0.4 is 0 Å². The Hall–Kier alpha value is -0.0900. The largest absolute Gasteiger partial charge is 0.294 e. The molecule has 0 heterocycles. The summed E-state index contributed by atoms with van der Waals surface area (Å²) in [5.41, 5.74) is 0.779. The quantitative estimate of drug-likeness (QED) is 0.241. The summed E-state index contributed by atoms with van der Waals surface area (Å²) in [6.07, 6.45) is 10.7. The highest BCUT2D eigenvalue weighted by Crippen LogP contribution is 2.20. The number of carbonyl (C=O) groups excluding carboxylic acids is 1. The minimum absolute atomic E-state index is 0.225. The molecule has 0 amide bonds. The molecule has 20 heavy (non-hydrogen) atoms. The van der Waals surface area contributed by atoms with E-state index in [1.807, 2.05) is 12.1 Å². The van der Waals surface area contributed by atoms with Crippen LogP contribution in [0.25, 0.3) is 0 Å². The van der Waals surface area contributed by atoms with Gasteiger partial charge in [-0.3, -0.25) is 4.79 Å². The zero-order valence-corrected chi connectivity index (χ0v) is 15.2. The van der Waals surface area contributed by atoms with Crippen molar-refractivity contribution in [2.75, 3.05) is 0 Å². The maximum atomic E-state index is 12.1. The molecule has 0 bridgehead atoms. The van der Waals surface area contributed by atoms with Gasteiger partial charge in [0.2, 0.25) is 0 Å². The summed E-state index contributed by atoms with van der Waals surface area (Å²) in [5, 5.41) is 0.643. The van der Waals surface area contributed by atoms with Crippen LogP contribution in [0.2, 0.25) is 5.02 Å². The van der Waals surface area contributed by atoms with Crippen LogP contribution in [0.3, 0.4) is 0 Å². The molecule has 0 spiro atoms. The van der Waals surface area contributed by atoms with Crippen molar-refractivity contribution in [3.63, 3.8) is 0 Å². The molecule has 3 heteroatoms. The molecular formula is C17H24ClIO. The van der Waals surface area contributed by atoms with Gasteiger partial charge in [-0.05, 0) is 47.2 Å². The van der Waals surface area contributed by atoms with Crippen molar-refractivity contribution >= 4 is 40.0 Å². The van der Waals surface area contributed by atoms with Gasteiger partial charge in [-0.15, -0.1) is 0 Å². The van der Waals surface area contributed by atoms with Crippen molar-refractivity contribution < 1.29 is 4.79 Å². The van der Waals surface area contributed by atoms with Crippen LogP contribution in [0.1, 0.15) is 75.1 Å². The second kappa shape index (κ2) is 10.6. The number of hydrogen-bond acceptors (Lipinski definition) is 1. The lowest BCUT2D eigenvalue weighted by Gasteiger charge is -2.05. The zero-order valence-electron chi connectivity index (χ0n) is 12.3. The molecular weight excluding hydrogens is 383 g/mol. The van der Waals surface area contributed by atoms with Crippen molar-refractivity contribution in [1.82, 2.24) is 0 Å². The van der Waals surface area contributed by atoms with E-state index in [4.69, 9.17) is 11.6 Å². The Labute approximate surface area is 141 Å². The van der Waals surface area contributed by atoms with Crippen LogP contribution in [-0.2, 0) is 0 Å². The van der Waals surface area contributed by atoms with Crippen molar-refractivity contribution in [3.8, 4) is 0 Å². The topological polar surface area (TPSA) is 17.1 Å². The Morgan fingerprint density at radius 2 is 1.65 bits per heavy atom. The number of hydrogen-bond donors (Lipinski definition) is 0. The van der Waals surface area contributed by atoms with Crippen LogP contribution in [0.15, 0.2) is 18.2 Å². The Bertz CT molecular complexity index is 417. The lowest BCUT2D eigenvalue weighted by molar-refractivity contribution is 0.0978. The molecule has 0 N–H and O–H groups in total. The molecule has 1 rings (SSSR count). The number of benzene rings is 1. The molecule has 0 aliphatic carbocycles. The zero-order chi connectivity index (χ0) is 14.8. The predicted octanol–water partition coefficient (Wildman–Crippen LogP) is 6.66. The minimum atomic E-state index is 0.225. The van der Waals surface area contributed by atoms with Crippen molar-refractivity contribution in [3.05, 3.63) is 32.4 Å². The van der Waals surface area contributed by atoms with Gasteiger partial charge in [-0.2, -0.15) is 0 Å². The van der Waals surface area contributed by atoms with Crippen LogP contribution >= 0.6 is 34.2 Å². The van der Waals surface area contributed by atoms with Crippen LogP contribution in [-0.4, -0.2) is 5.78 Å². The molecule has 1 nitrogen and oxygen atoms in total. The Kier molecular flexibility index (Phi) is 9.53. The fourth-order valence-corrected chi connectivity index (χ4v) is 3.07. The normalized spacial score (nSPS) is 10.8. The van der Waals surface area contributed by atoms with Crippen LogP contribution in [0.5, 0.6) is 0 Å². The highest BCUT2D eigenvalue weighted by atomic mass is 127. The first kappa shape index (κ1) is 18.0. The molecule has 0 saturated heterocycles. The summed E-state index contributed by atoms with van der Waals surface area (Å²) >= 11 is 8.15. The van der Waals surface area contributed by atoms with Gasteiger partial charge in [0, 0.05) is 20.6 Å². The highest BCUT2D eigenvalue weighted by Gasteiger charge is 2.10. The molecule has 1 aromatic rings. The van der Waals surface area contributed by atoms with Crippen LogP contribution in [0.4, 0.5) is 0 Å². The summed E-state index contributed by atoms with van der Waals surface area (Å²) in [7, 11) is 0. The van der Waals surface area contributed by atoms with E-state index in [-0.39, 0.29) is 5.78 Å². The Balaban J connectivity index is 2.18. The number of Topliss-reactive ketones (excluding diaryl/α,β-unsaturated/α-hetero) is 1. The Morgan fingerprint density at radius 3 is 2.30 bits per heavy atom. The fourth-order valence-electron chi connectivity index (χ4n) is 2.27. The van der Waals surface area contributed by atoms with Gasteiger partial charge in [0.25, 0.3) is 0 Å².